The highest BCUT2D eigenvalue weighted by Gasteiger charge is 2.43. The van der Waals surface area contributed by atoms with E-state index in [2.05, 4.69) is 11.4 Å². The molecule has 7 nitrogen and oxygen atoms in total. The molecule has 1 aliphatic carbocycles. The number of hydrogen-bond acceptors (Lipinski definition) is 4. The van der Waals surface area contributed by atoms with Crippen LogP contribution in [0, 0.1) is 31.1 Å². The molecule has 0 aromatic heterocycles. The monoisotopic (exact) mass is 405 g/mol. The molecule has 2 fully saturated rings. The van der Waals surface area contributed by atoms with E-state index in [-0.39, 0.29) is 18.4 Å². The van der Waals surface area contributed by atoms with E-state index in [0.717, 1.165) is 28.9 Å². The summed E-state index contributed by atoms with van der Waals surface area (Å²) < 4.78 is 27.5. The zero-order valence-electron chi connectivity index (χ0n) is 16.8. The molecule has 0 bridgehead atoms. The molecule has 0 unspecified atom stereocenters. The van der Waals surface area contributed by atoms with Gasteiger partial charge in [-0.1, -0.05) is 12.1 Å². The van der Waals surface area contributed by atoms with Crippen LogP contribution in [0.2, 0.25) is 0 Å². The second-order valence-electron chi connectivity index (χ2n) is 8.24. The molecule has 1 atom stereocenters. The van der Waals surface area contributed by atoms with Crippen LogP contribution >= 0.6 is 0 Å². The van der Waals surface area contributed by atoms with Crippen LogP contribution in [0.25, 0.3) is 0 Å². The molecule has 0 spiro atoms. The van der Waals surface area contributed by atoms with Crippen LogP contribution in [0.15, 0.2) is 23.1 Å². The first-order valence-corrected chi connectivity index (χ1v) is 11.2. The highest BCUT2D eigenvalue weighted by Crippen LogP contribution is 2.39. The summed E-state index contributed by atoms with van der Waals surface area (Å²) in [6, 6.07) is 7.70. The number of carbonyl (C=O) groups excluding carboxylic acids is 1. The van der Waals surface area contributed by atoms with Gasteiger partial charge in [-0.2, -0.15) is 9.57 Å². The van der Waals surface area contributed by atoms with Crippen molar-refractivity contribution in [1.29, 1.82) is 5.26 Å². The molecule has 1 aromatic carbocycles. The van der Waals surface area contributed by atoms with Gasteiger partial charge >= 0.3 is 0 Å². The first-order chi connectivity index (χ1) is 13.2. The van der Waals surface area contributed by atoms with Gasteiger partial charge in [-0.05, 0) is 56.7 Å². The number of amides is 1. The summed E-state index contributed by atoms with van der Waals surface area (Å²) in [7, 11) is -3.53. The maximum Gasteiger partial charge on any atom is 0.276 e. The largest absolute Gasteiger partial charge is 0.333 e. The molecule has 1 saturated carbocycles. The van der Waals surface area contributed by atoms with Crippen molar-refractivity contribution >= 4 is 15.9 Å². The molecule has 2 aliphatic rings. The van der Waals surface area contributed by atoms with Crippen molar-refractivity contribution in [2.24, 2.45) is 5.92 Å². The Morgan fingerprint density at radius 3 is 2.54 bits per heavy atom. The molecule has 2 N–H and O–H groups in total. The van der Waals surface area contributed by atoms with Gasteiger partial charge in [0.1, 0.15) is 5.54 Å². The molecule has 152 valence electrons. The molecule has 1 heterocycles. The molecule has 1 amide bonds. The SMILES string of the molecule is Cc1ccc(C)c(S(=O)(=O)N2CC[NH+](CC(=O)N[C@](C)(C#N)C3CC3)CC2)c1. The van der Waals surface area contributed by atoms with Crippen molar-refractivity contribution < 1.29 is 18.1 Å². The maximum absolute atomic E-state index is 13.0. The lowest BCUT2D eigenvalue weighted by Gasteiger charge is -2.32. The van der Waals surface area contributed by atoms with E-state index in [1.54, 1.807) is 13.0 Å². The number of rotatable bonds is 6. The summed E-state index contributed by atoms with van der Waals surface area (Å²) in [6.45, 7) is 7.66. The number of nitrogens with zero attached hydrogens (tertiary/aromatic N) is 2. The van der Waals surface area contributed by atoms with E-state index in [4.69, 9.17) is 0 Å². The van der Waals surface area contributed by atoms with E-state index >= 15 is 0 Å². The fraction of sp³-hybridized carbons (Fsp3) is 0.600. The fourth-order valence-electron chi connectivity index (χ4n) is 3.79. The summed E-state index contributed by atoms with van der Waals surface area (Å²) in [4.78, 5) is 13.8. The van der Waals surface area contributed by atoms with E-state index in [1.165, 1.54) is 4.31 Å². The van der Waals surface area contributed by atoms with Crippen LogP contribution in [0.5, 0.6) is 0 Å². The van der Waals surface area contributed by atoms with Gasteiger partial charge in [-0.25, -0.2) is 8.42 Å². The molecule has 28 heavy (non-hydrogen) atoms. The van der Waals surface area contributed by atoms with Gasteiger partial charge in [0.2, 0.25) is 10.0 Å². The molecule has 8 heteroatoms. The van der Waals surface area contributed by atoms with Gasteiger partial charge in [0.05, 0.1) is 37.1 Å². The van der Waals surface area contributed by atoms with E-state index < -0.39 is 15.6 Å². The molecule has 1 saturated heterocycles. The number of benzene rings is 1. The van der Waals surface area contributed by atoms with Gasteiger partial charge in [-0.15, -0.1) is 0 Å². The standard InChI is InChI=1S/C20H28N4O3S/c1-15-4-5-16(2)18(12-15)28(26,27)24-10-8-23(9-11-24)13-19(25)22-20(3,14-21)17-6-7-17/h4-5,12,17H,6-11,13H2,1-3H3,(H,22,25)/p+1/t20-/m1/s1. The number of quaternary nitrogens is 1. The van der Waals surface area contributed by atoms with Crippen molar-refractivity contribution in [3.05, 3.63) is 29.3 Å². The lowest BCUT2D eigenvalue weighted by molar-refractivity contribution is -0.895. The maximum atomic E-state index is 13.0. The molecule has 1 aromatic rings. The van der Waals surface area contributed by atoms with Crippen molar-refractivity contribution in [3.63, 3.8) is 0 Å². The van der Waals surface area contributed by atoms with Crippen LogP contribution in [-0.4, -0.2) is 56.9 Å². The highest BCUT2D eigenvalue weighted by atomic mass is 32.2. The summed E-state index contributed by atoms with van der Waals surface area (Å²) in [6.07, 6.45) is 1.96. The zero-order chi connectivity index (χ0) is 20.5. The van der Waals surface area contributed by atoms with Crippen molar-refractivity contribution in [1.82, 2.24) is 9.62 Å². The average Bonchev–Trinajstić information content (AvgIpc) is 3.49. The number of hydrogen-bond donors (Lipinski definition) is 2. The van der Waals surface area contributed by atoms with E-state index in [1.807, 2.05) is 26.0 Å². The third kappa shape index (κ3) is 4.37. The Balaban J connectivity index is 1.58. The average molecular weight is 406 g/mol. The van der Waals surface area contributed by atoms with Gasteiger partial charge < -0.3 is 10.2 Å². The molecular formula is C20H29N4O3S+. The zero-order valence-corrected chi connectivity index (χ0v) is 17.6. The molecule has 0 radical (unpaired) electrons. The lowest BCUT2D eigenvalue weighted by Crippen LogP contribution is -3.16. The Morgan fingerprint density at radius 1 is 1.32 bits per heavy atom. The topological polar surface area (TPSA) is 94.7 Å². The predicted molar refractivity (Wildman–Crippen MR) is 105 cm³/mol. The summed E-state index contributed by atoms with van der Waals surface area (Å²) >= 11 is 0. The minimum atomic E-state index is -3.53. The number of carbonyl (C=O) groups is 1. The summed E-state index contributed by atoms with van der Waals surface area (Å²) in [5, 5.41) is 12.3. The Hall–Kier alpha value is -1.95. The number of sulfonamides is 1. The second-order valence-corrected chi connectivity index (χ2v) is 10.1. The lowest BCUT2D eigenvalue weighted by atomic mass is 9.98. The van der Waals surface area contributed by atoms with Crippen LogP contribution in [0.1, 0.15) is 30.9 Å². The van der Waals surface area contributed by atoms with Gasteiger partial charge in [-0.3, -0.25) is 4.79 Å². The first-order valence-electron chi connectivity index (χ1n) is 9.79. The third-order valence-corrected chi connectivity index (χ3v) is 7.87. The molecule has 3 rings (SSSR count). The minimum absolute atomic E-state index is 0.142. The third-order valence-electron chi connectivity index (χ3n) is 5.83. The Labute approximate surface area is 167 Å². The predicted octanol–water partition coefficient (Wildman–Crippen LogP) is 0.00112. The minimum Gasteiger partial charge on any atom is -0.333 e. The Kier molecular flexibility index (Phi) is 5.80. The summed E-state index contributed by atoms with van der Waals surface area (Å²) in [5.74, 6) is 0.104. The van der Waals surface area contributed by atoms with E-state index in [0.29, 0.717) is 31.1 Å². The number of piperazine rings is 1. The Morgan fingerprint density at radius 2 is 1.96 bits per heavy atom. The summed E-state index contributed by atoms with van der Waals surface area (Å²) in [5.41, 5.74) is 0.877. The molecular weight excluding hydrogens is 376 g/mol. The van der Waals surface area contributed by atoms with Crippen LogP contribution < -0.4 is 10.2 Å². The molecule has 1 aliphatic heterocycles. The Bertz CT molecular complexity index is 897. The van der Waals surface area contributed by atoms with Gasteiger partial charge in [0, 0.05) is 0 Å². The smallest absolute Gasteiger partial charge is 0.276 e. The van der Waals surface area contributed by atoms with Gasteiger partial charge in [0.25, 0.3) is 5.91 Å². The van der Waals surface area contributed by atoms with E-state index in [9.17, 15) is 18.5 Å². The second kappa shape index (κ2) is 7.82. The van der Waals surface area contributed by atoms with Crippen molar-refractivity contribution in [3.8, 4) is 6.07 Å². The van der Waals surface area contributed by atoms with Crippen LogP contribution in [0.4, 0.5) is 0 Å². The van der Waals surface area contributed by atoms with Crippen LogP contribution in [-0.2, 0) is 14.8 Å². The normalized spacial score (nSPS) is 20.9. The number of nitriles is 1. The quantitative estimate of drug-likeness (QED) is 0.697. The highest BCUT2D eigenvalue weighted by molar-refractivity contribution is 7.89. The number of aryl methyl sites for hydroxylation is 2. The first kappa shape index (κ1) is 20.8. The van der Waals surface area contributed by atoms with Crippen molar-refractivity contribution in [2.45, 2.75) is 44.0 Å². The van der Waals surface area contributed by atoms with Crippen LogP contribution in [0.3, 0.4) is 0 Å². The fourth-order valence-corrected chi connectivity index (χ4v) is 5.54. The van der Waals surface area contributed by atoms with Gasteiger partial charge in [0.15, 0.2) is 6.54 Å². The number of nitrogens with one attached hydrogen (secondary N) is 2. The van der Waals surface area contributed by atoms with Crippen molar-refractivity contribution in [2.75, 3.05) is 32.7 Å².